The molecule has 3 heteroatoms. The molecular formula is C12H12O3. The highest BCUT2D eigenvalue weighted by Crippen LogP contribution is 2.29. The topological polar surface area (TPSA) is 54.4 Å². The zero-order valence-corrected chi connectivity index (χ0v) is 8.49. The molecule has 0 heterocycles. The summed E-state index contributed by atoms with van der Waals surface area (Å²) in [4.78, 5) is 23.3. The lowest BCUT2D eigenvalue weighted by molar-refractivity contribution is -0.116. The number of carbonyl (C=O) groups is 2. The molecule has 0 fully saturated rings. The molecule has 1 atom stereocenters. The van der Waals surface area contributed by atoms with Gasteiger partial charge >= 0.3 is 0 Å². The molecule has 0 amide bonds. The van der Waals surface area contributed by atoms with Crippen molar-refractivity contribution in [3.63, 3.8) is 0 Å². The summed E-state index contributed by atoms with van der Waals surface area (Å²) in [5, 5.41) is 9.00. The Bertz CT molecular complexity index is 424. The highest BCUT2D eigenvalue weighted by atomic mass is 16.3. The Morgan fingerprint density at radius 3 is 2.80 bits per heavy atom. The van der Waals surface area contributed by atoms with Gasteiger partial charge in [0.05, 0.1) is 0 Å². The molecule has 0 aromatic heterocycles. The first-order valence-electron chi connectivity index (χ1n) is 4.94. The molecule has 0 aromatic rings. The summed E-state index contributed by atoms with van der Waals surface area (Å²) in [5.41, 5.74) is 1.45. The lowest BCUT2D eigenvalue weighted by atomic mass is 9.81. The minimum atomic E-state index is -0.128. The maximum atomic E-state index is 11.7. The van der Waals surface area contributed by atoms with Gasteiger partial charge in [0.2, 0.25) is 0 Å². The largest absolute Gasteiger partial charge is 0.396 e. The number of fused-ring (bicyclic) bond motifs is 1. The predicted octanol–water partition coefficient (Wildman–Crippen LogP) is 0.950. The third kappa shape index (κ3) is 1.59. The smallest absolute Gasteiger partial charge is 0.189 e. The van der Waals surface area contributed by atoms with E-state index in [9.17, 15) is 9.59 Å². The first-order chi connectivity index (χ1) is 7.13. The molecule has 0 saturated heterocycles. The van der Waals surface area contributed by atoms with Crippen LogP contribution in [0, 0.1) is 5.92 Å². The minimum Gasteiger partial charge on any atom is -0.396 e. The van der Waals surface area contributed by atoms with Crippen LogP contribution in [-0.4, -0.2) is 23.3 Å². The van der Waals surface area contributed by atoms with Gasteiger partial charge in [-0.15, -0.1) is 0 Å². The molecule has 0 aromatic carbocycles. The van der Waals surface area contributed by atoms with Crippen LogP contribution in [0.5, 0.6) is 0 Å². The normalized spacial score (nSPS) is 25.5. The molecule has 0 bridgehead atoms. The molecule has 0 radical (unpaired) electrons. The minimum absolute atomic E-state index is 0.0114. The van der Waals surface area contributed by atoms with Crippen molar-refractivity contribution in [1.29, 1.82) is 0 Å². The molecule has 78 valence electrons. The predicted molar refractivity (Wildman–Crippen MR) is 55.1 cm³/mol. The van der Waals surface area contributed by atoms with Crippen molar-refractivity contribution in [3.05, 3.63) is 34.9 Å². The summed E-state index contributed by atoms with van der Waals surface area (Å²) < 4.78 is 0. The summed E-state index contributed by atoms with van der Waals surface area (Å²) in [6.07, 6.45) is 5.46. The van der Waals surface area contributed by atoms with Gasteiger partial charge in [-0.2, -0.15) is 0 Å². The SMILES string of the molecule is CC1=CC(=O)C2=CC(CO)CC=C2C1=O. The zero-order chi connectivity index (χ0) is 11.0. The maximum absolute atomic E-state index is 11.7. The molecule has 1 unspecified atom stereocenters. The van der Waals surface area contributed by atoms with Crippen molar-refractivity contribution in [2.24, 2.45) is 5.92 Å². The summed E-state index contributed by atoms with van der Waals surface area (Å²) in [6, 6.07) is 0. The van der Waals surface area contributed by atoms with Gasteiger partial charge in [-0.25, -0.2) is 0 Å². The van der Waals surface area contributed by atoms with E-state index in [1.54, 1.807) is 19.1 Å². The first kappa shape index (κ1) is 10.1. The summed E-state index contributed by atoms with van der Waals surface area (Å²) in [6.45, 7) is 1.66. The zero-order valence-electron chi connectivity index (χ0n) is 8.49. The number of aliphatic hydroxyl groups is 1. The second-order valence-corrected chi connectivity index (χ2v) is 3.90. The number of rotatable bonds is 1. The van der Waals surface area contributed by atoms with E-state index >= 15 is 0 Å². The number of hydrogen-bond donors (Lipinski definition) is 1. The molecule has 15 heavy (non-hydrogen) atoms. The van der Waals surface area contributed by atoms with Gasteiger partial charge < -0.3 is 5.11 Å². The molecule has 2 rings (SSSR count). The number of allylic oxidation sites excluding steroid dienone is 5. The lowest BCUT2D eigenvalue weighted by Gasteiger charge is -2.21. The average molecular weight is 204 g/mol. The van der Waals surface area contributed by atoms with Crippen LogP contribution >= 0.6 is 0 Å². The molecule has 1 N–H and O–H groups in total. The fourth-order valence-corrected chi connectivity index (χ4v) is 1.88. The Kier molecular flexibility index (Phi) is 2.40. The van der Waals surface area contributed by atoms with E-state index in [1.807, 2.05) is 0 Å². The van der Waals surface area contributed by atoms with Gasteiger partial charge in [-0.05, 0) is 19.4 Å². The number of carbonyl (C=O) groups excluding carboxylic acids is 2. The summed E-state index contributed by atoms with van der Waals surface area (Å²) >= 11 is 0. The Balaban J connectivity index is 2.46. The Hall–Kier alpha value is -1.48. The Labute approximate surface area is 87.8 Å². The van der Waals surface area contributed by atoms with Gasteiger partial charge in [-0.1, -0.05) is 12.2 Å². The number of aliphatic hydroxyl groups excluding tert-OH is 1. The van der Waals surface area contributed by atoms with Crippen LogP contribution in [0.25, 0.3) is 0 Å². The third-order valence-electron chi connectivity index (χ3n) is 2.77. The molecule has 3 nitrogen and oxygen atoms in total. The quantitative estimate of drug-likeness (QED) is 0.691. The van der Waals surface area contributed by atoms with E-state index in [2.05, 4.69) is 0 Å². The molecule has 0 saturated carbocycles. The highest BCUT2D eigenvalue weighted by molar-refractivity contribution is 6.27. The Morgan fingerprint density at radius 2 is 2.13 bits per heavy atom. The molecular weight excluding hydrogens is 192 g/mol. The number of Topliss-reactive ketones (excluding diaryl/α,β-unsaturated/α-hetero) is 1. The van der Waals surface area contributed by atoms with Crippen LogP contribution in [0.3, 0.4) is 0 Å². The fourth-order valence-electron chi connectivity index (χ4n) is 1.88. The first-order valence-corrected chi connectivity index (χ1v) is 4.94. The van der Waals surface area contributed by atoms with Gasteiger partial charge in [0.1, 0.15) is 0 Å². The monoisotopic (exact) mass is 204 g/mol. The Morgan fingerprint density at radius 1 is 1.40 bits per heavy atom. The molecule has 2 aliphatic rings. The third-order valence-corrected chi connectivity index (χ3v) is 2.77. The fraction of sp³-hybridized carbons (Fsp3) is 0.333. The van der Waals surface area contributed by atoms with Crippen molar-refractivity contribution >= 4 is 11.6 Å². The maximum Gasteiger partial charge on any atom is 0.189 e. The van der Waals surface area contributed by atoms with Crippen molar-refractivity contribution < 1.29 is 14.7 Å². The van der Waals surface area contributed by atoms with Crippen LogP contribution < -0.4 is 0 Å². The van der Waals surface area contributed by atoms with Gasteiger partial charge in [0, 0.05) is 29.2 Å². The van der Waals surface area contributed by atoms with Crippen LogP contribution in [0.4, 0.5) is 0 Å². The highest BCUT2D eigenvalue weighted by Gasteiger charge is 2.29. The van der Waals surface area contributed by atoms with E-state index in [1.165, 1.54) is 6.08 Å². The lowest BCUT2D eigenvalue weighted by Crippen LogP contribution is -2.22. The summed E-state index contributed by atoms with van der Waals surface area (Å²) in [7, 11) is 0. The van der Waals surface area contributed by atoms with Gasteiger partial charge in [0.15, 0.2) is 11.6 Å². The molecule has 0 spiro atoms. The van der Waals surface area contributed by atoms with E-state index in [0.29, 0.717) is 23.1 Å². The van der Waals surface area contributed by atoms with Gasteiger partial charge in [0.25, 0.3) is 0 Å². The van der Waals surface area contributed by atoms with Crippen LogP contribution in [0.2, 0.25) is 0 Å². The van der Waals surface area contributed by atoms with E-state index < -0.39 is 0 Å². The second kappa shape index (κ2) is 3.59. The molecule has 0 aliphatic heterocycles. The van der Waals surface area contributed by atoms with E-state index in [0.717, 1.165) is 0 Å². The standard InChI is InChI=1S/C12H12O3/c1-7-4-11(14)10-5-8(6-13)2-3-9(10)12(7)15/h3-5,8,13H,2,6H2,1H3. The average Bonchev–Trinajstić information content (AvgIpc) is 2.25. The molecule has 2 aliphatic carbocycles. The van der Waals surface area contributed by atoms with Crippen molar-refractivity contribution in [1.82, 2.24) is 0 Å². The van der Waals surface area contributed by atoms with Crippen LogP contribution in [-0.2, 0) is 9.59 Å². The van der Waals surface area contributed by atoms with E-state index in [4.69, 9.17) is 5.11 Å². The van der Waals surface area contributed by atoms with Crippen molar-refractivity contribution in [2.75, 3.05) is 6.61 Å². The van der Waals surface area contributed by atoms with Crippen LogP contribution in [0.15, 0.2) is 34.9 Å². The number of hydrogen-bond acceptors (Lipinski definition) is 3. The van der Waals surface area contributed by atoms with E-state index in [-0.39, 0.29) is 24.1 Å². The number of ketones is 2. The van der Waals surface area contributed by atoms with Crippen LogP contribution in [0.1, 0.15) is 13.3 Å². The summed E-state index contributed by atoms with van der Waals surface area (Å²) in [5.74, 6) is -0.235. The van der Waals surface area contributed by atoms with Crippen molar-refractivity contribution in [3.8, 4) is 0 Å². The van der Waals surface area contributed by atoms with Gasteiger partial charge in [-0.3, -0.25) is 9.59 Å². The van der Waals surface area contributed by atoms with Crippen molar-refractivity contribution in [2.45, 2.75) is 13.3 Å². The second-order valence-electron chi connectivity index (χ2n) is 3.90.